The first-order chi connectivity index (χ1) is 12.3. The van der Waals surface area contributed by atoms with Gasteiger partial charge < -0.3 is 5.32 Å². The molecule has 1 N–H and O–H groups in total. The van der Waals surface area contributed by atoms with Crippen molar-refractivity contribution >= 4 is 11.7 Å². The zero-order chi connectivity index (χ0) is 17.1. The third kappa shape index (κ3) is 3.36. The number of amidine groups is 2. The van der Waals surface area contributed by atoms with Crippen molar-refractivity contribution in [1.29, 1.82) is 0 Å². The van der Waals surface area contributed by atoms with Gasteiger partial charge in [-0.3, -0.25) is 0 Å². The van der Waals surface area contributed by atoms with E-state index < -0.39 is 0 Å². The van der Waals surface area contributed by atoms with Crippen LogP contribution in [0.4, 0.5) is 0 Å². The van der Waals surface area contributed by atoms with E-state index in [1.54, 1.807) is 0 Å². The molecule has 3 nitrogen and oxygen atoms in total. The quantitative estimate of drug-likeness (QED) is 0.757. The molecular formula is C22H19N3. The van der Waals surface area contributed by atoms with Crippen molar-refractivity contribution in [3.8, 4) is 0 Å². The summed E-state index contributed by atoms with van der Waals surface area (Å²) >= 11 is 0. The highest BCUT2D eigenvalue weighted by atomic mass is 15.2. The lowest BCUT2D eigenvalue weighted by Gasteiger charge is -2.22. The zero-order valence-electron chi connectivity index (χ0n) is 14.1. The summed E-state index contributed by atoms with van der Waals surface area (Å²) in [5.41, 5.74) is 4.44. The van der Waals surface area contributed by atoms with Gasteiger partial charge in [0, 0.05) is 11.1 Å². The highest BCUT2D eigenvalue weighted by Gasteiger charge is 2.20. The number of nitrogens with zero attached hydrogens (tertiary/aromatic N) is 2. The van der Waals surface area contributed by atoms with Gasteiger partial charge >= 0.3 is 0 Å². The summed E-state index contributed by atoms with van der Waals surface area (Å²) in [7, 11) is 0. The van der Waals surface area contributed by atoms with Gasteiger partial charge in [0.25, 0.3) is 0 Å². The smallest absolute Gasteiger partial charge is 0.169 e. The fourth-order valence-corrected chi connectivity index (χ4v) is 2.83. The third-order valence-corrected chi connectivity index (χ3v) is 4.21. The van der Waals surface area contributed by atoms with Crippen LogP contribution in [0.15, 0.2) is 94.9 Å². The molecule has 3 aromatic carbocycles. The van der Waals surface area contributed by atoms with Crippen LogP contribution in [-0.2, 0) is 0 Å². The van der Waals surface area contributed by atoms with Crippen LogP contribution in [0.2, 0.25) is 0 Å². The summed E-state index contributed by atoms with van der Waals surface area (Å²) in [6, 6.07) is 28.8. The van der Waals surface area contributed by atoms with Gasteiger partial charge in [-0.25, -0.2) is 9.98 Å². The Kier molecular flexibility index (Phi) is 4.13. The Morgan fingerprint density at radius 1 is 0.640 bits per heavy atom. The van der Waals surface area contributed by atoms with Crippen molar-refractivity contribution < 1.29 is 0 Å². The van der Waals surface area contributed by atoms with Gasteiger partial charge in [0.05, 0.1) is 0 Å². The van der Waals surface area contributed by atoms with E-state index in [0.717, 1.165) is 28.4 Å². The topological polar surface area (TPSA) is 36.8 Å². The molecule has 0 radical (unpaired) electrons. The molecule has 0 spiro atoms. The second-order valence-corrected chi connectivity index (χ2v) is 6.10. The minimum Gasteiger partial charge on any atom is -0.324 e. The van der Waals surface area contributed by atoms with Gasteiger partial charge in [-0.15, -0.1) is 0 Å². The van der Waals surface area contributed by atoms with Crippen LogP contribution in [0, 0.1) is 6.92 Å². The van der Waals surface area contributed by atoms with Crippen molar-refractivity contribution in [2.75, 3.05) is 0 Å². The van der Waals surface area contributed by atoms with Crippen molar-refractivity contribution in [3.63, 3.8) is 0 Å². The van der Waals surface area contributed by atoms with Crippen LogP contribution in [-0.4, -0.2) is 11.7 Å². The number of hydrogen-bond acceptors (Lipinski definition) is 3. The predicted octanol–water partition coefficient (Wildman–Crippen LogP) is 4.49. The van der Waals surface area contributed by atoms with E-state index in [9.17, 15) is 0 Å². The molecule has 0 aliphatic carbocycles. The maximum Gasteiger partial charge on any atom is 0.169 e. The monoisotopic (exact) mass is 325 g/mol. The van der Waals surface area contributed by atoms with E-state index in [0.29, 0.717) is 0 Å². The molecule has 1 atom stereocenters. The average molecular weight is 325 g/mol. The Labute approximate surface area is 147 Å². The average Bonchev–Trinajstić information content (AvgIpc) is 2.69. The Balaban J connectivity index is 1.77. The van der Waals surface area contributed by atoms with Gasteiger partial charge in [-0.05, 0) is 12.5 Å². The van der Waals surface area contributed by atoms with Gasteiger partial charge in [0.1, 0.15) is 11.7 Å². The molecule has 25 heavy (non-hydrogen) atoms. The second-order valence-electron chi connectivity index (χ2n) is 6.10. The summed E-state index contributed by atoms with van der Waals surface area (Å²) in [6.45, 7) is 2.09. The maximum absolute atomic E-state index is 4.85. The molecule has 0 amide bonds. The lowest BCUT2D eigenvalue weighted by Crippen LogP contribution is -2.36. The Morgan fingerprint density at radius 2 is 1.16 bits per heavy atom. The zero-order valence-corrected chi connectivity index (χ0v) is 14.1. The molecule has 1 aliphatic heterocycles. The van der Waals surface area contributed by atoms with E-state index in [1.165, 1.54) is 5.56 Å². The molecule has 1 heterocycles. The SMILES string of the molecule is Cc1ccc(C2=NC(c3ccccc3)N=C(c3ccccc3)N2)cc1. The molecule has 122 valence electrons. The van der Waals surface area contributed by atoms with Crippen LogP contribution in [0.5, 0.6) is 0 Å². The minimum absolute atomic E-state index is 0.242. The summed E-state index contributed by atoms with van der Waals surface area (Å²) in [4.78, 5) is 9.68. The van der Waals surface area contributed by atoms with Gasteiger partial charge in [-0.1, -0.05) is 90.5 Å². The van der Waals surface area contributed by atoms with Crippen LogP contribution in [0.25, 0.3) is 0 Å². The summed E-state index contributed by atoms with van der Waals surface area (Å²) in [6.07, 6.45) is -0.242. The molecule has 0 aromatic heterocycles. The first kappa shape index (κ1) is 15.3. The van der Waals surface area contributed by atoms with E-state index in [2.05, 4.69) is 60.8 Å². The second kappa shape index (κ2) is 6.73. The number of aryl methyl sites for hydroxylation is 1. The molecule has 3 aromatic rings. The molecule has 1 unspecified atom stereocenters. The van der Waals surface area contributed by atoms with Gasteiger partial charge in [-0.2, -0.15) is 0 Å². The molecular weight excluding hydrogens is 306 g/mol. The number of nitrogens with one attached hydrogen (secondary N) is 1. The fourth-order valence-electron chi connectivity index (χ4n) is 2.83. The van der Waals surface area contributed by atoms with Crippen molar-refractivity contribution in [2.24, 2.45) is 9.98 Å². The molecule has 0 fully saturated rings. The molecule has 0 saturated heterocycles. The Hall–Kier alpha value is -3.20. The molecule has 4 rings (SSSR count). The lowest BCUT2D eigenvalue weighted by atomic mass is 10.1. The van der Waals surface area contributed by atoms with Crippen LogP contribution in [0.3, 0.4) is 0 Å². The summed E-state index contributed by atoms with van der Waals surface area (Å²) < 4.78 is 0. The standard InChI is InChI=1S/C22H19N3/c1-16-12-14-19(15-13-16)22-24-20(17-8-4-2-5-9-17)23-21(25-22)18-10-6-3-7-11-18/h2-15,20H,1H3,(H,23,24,25). The largest absolute Gasteiger partial charge is 0.324 e. The van der Waals surface area contributed by atoms with E-state index in [1.807, 2.05) is 36.4 Å². The van der Waals surface area contributed by atoms with E-state index in [-0.39, 0.29) is 6.17 Å². The summed E-state index contributed by atoms with van der Waals surface area (Å²) in [5, 5.41) is 3.41. The maximum atomic E-state index is 4.85. The molecule has 3 heteroatoms. The first-order valence-corrected chi connectivity index (χ1v) is 8.40. The normalized spacial score (nSPS) is 16.6. The summed E-state index contributed by atoms with van der Waals surface area (Å²) in [5.74, 6) is 1.70. The minimum atomic E-state index is -0.242. The third-order valence-electron chi connectivity index (χ3n) is 4.21. The van der Waals surface area contributed by atoms with Crippen LogP contribution >= 0.6 is 0 Å². The van der Waals surface area contributed by atoms with E-state index >= 15 is 0 Å². The molecule has 0 saturated carbocycles. The van der Waals surface area contributed by atoms with Gasteiger partial charge in [0.2, 0.25) is 0 Å². The Bertz CT molecular complexity index is 911. The number of benzene rings is 3. The Morgan fingerprint density at radius 3 is 1.76 bits per heavy atom. The molecule has 1 aliphatic rings. The fraction of sp³-hybridized carbons (Fsp3) is 0.0909. The first-order valence-electron chi connectivity index (χ1n) is 8.40. The number of aliphatic imine (C=N–C) groups is 2. The highest BCUT2D eigenvalue weighted by Crippen LogP contribution is 2.23. The van der Waals surface area contributed by atoms with Crippen molar-refractivity contribution in [1.82, 2.24) is 5.32 Å². The lowest BCUT2D eigenvalue weighted by molar-refractivity contribution is 0.756. The molecule has 0 bridgehead atoms. The number of rotatable bonds is 3. The highest BCUT2D eigenvalue weighted by molar-refractivity contribution is 6.15. The van der Waals surface area contributed by atoms with Gasteiger partial charge in [0.15, 0.2) is 6.17 Å². The van der Waals surface area contributed by atoms with E-state index in [4.69, 9.17) is 9.98 Å². The van der Waals surface area contributed by atoms with Crippen molar-refractivity contribution in [2.45, 2.75) is 13.1 Å². The van der Waals surface area contributed by atoms with Crippen LogP contribution in [0.1, 0.15) is 28.4 Å². The number of hydrogen-bond donors (Lipinski definition) is 1. The van der Waals surface area contributed by atoms with Crippen LogP contribution < -0.4 is 5.32 Å². The predicted molar refractivity (Wildman–Crippen MR) is 103 cm³/mol. The van der Waals surface area contributed by atoms with Crippen molar-refractivity contribution in [3.05, 3.63) is 107 Å².